The summed E-state index contributed by atoms with van der Waals surface area (Å²) in [4.78, 5) is 4.52. The molecule has 1 aromatic heterocycles. The summed E-state index contributed by atoms with van der Waals surface area (Å²) in [6.07, 6.45) is 1.38. The fraction of sp³-hybridized carbons (Fsp3) is 0.211. The van der Waals surface area contributed by atoms with Crippen LogP contribution in [-0.4, -0.2) is 35.7 Å². The van der Waals surface area contributed by atoms with Gasteiger partial charge in [-0.1, -0.05) is 30.0 Å². The van der Waals surface area contributed by atoms with Crippen molar-refractivity contribution < 1.29 is 14.2 Å². The highest BCUT2D eigenvalue weighted by Gasteiger charge is 2.27. The van der Waals surface area contributed by atoms with Gasteiger partial charge in [0.1, 0.15) is 11.5 Å². The number of thioether (sulfide) groups is 1. The van der Waals surface area contributed by atoms with Gasteiger partial charge in [-0.2, -0.15) is 4.98 Å². The number of fused-ring (bicyclic) bond motifs is 3. The summed E-state index contributed by atoms with van der Waals surface area (Å²) in [6.45, 7) is 0. The van der Waals surface area contributed by atoms with Crippen molar-refractivity contribution in [3.05, 3.63) is 48.0 Å². The minimum absolute atomic E-state index is 0.426. The van der Waals surface area contributed by atoms with Gasteiger partial charge in [0.2, 0.25) is 17.3 Å². The number of hydrogen-bond donors (Lipinski definition) is 1. The van der Waals surface area contributed by atoms with Gasteiger partial charge in [-0.25, -0.2) is 0 Å². The first-order valence-electron chi connectivity index (χ1n) is 8.26. The van der Waals surface area contributed by atoms with E-state index in [1.807, 2.05) is 48.7 Å². The molecule has 0 saturated heterocycles. The number of aromatic nitrogens is 3. The molecule has 3 aromatic rings. The Kier molecular flexibility index (Phi) is 4.72. The van der Waals surface area contributed by atoms with Crippen molar-refractivity contribution in [3.8, 4) is 28.6 Å². The van der Waals surface area contributed by atoms with Crippen molar-refractivity contribution in [2.24, 2.45) is 0 Å². The third kappa shape index (κ3) is 3.23. The third-order valence-corrected chi connectivity index (χ3v) is 4.78. The minimum atomic E-state index is -0.514. The van der Waals surface area contributed by atoms with Gasteiger partial charge >= 0.3 is 0 Å². The van der Waals surface area contributed by atoms with Crippen LogP contribution >= 0.6 is 11.8 Å². The summed E-state index contributed by atoms with van der Waals surface area (Å²) in [5, 5.41) is 12.5. The number of nitrogens with zero attached hydrogens (tertiary/aromatic N) is 3. The monoisotopic (exact) mass is 382 g/mol. The Morgan fingerprint density at radius 3 is 2.70 bits per heavy atom. The van der Waals surface area contributed by atoms with Crippen LogP contribution in [0.3, 0.4) is 0 Å². The Labute approximate surface area is 161 Å². The highest BCUT2D eigenvalue weighted by molar-refractivity contribution is 7.98. The van der Waals surface area contributed by atoms with Crippen LogP contribution in [0.4, 0.5) is 5.69 Å². The molecule has 0 amide bonds. The SMILES string of the molecule is COc1ccc([C@H]2Nc3ccccc3-c3nnc(SC)nc3O2)c(OC)c1. The molecule has 0 saturated carbocycles. The number of methoxy groups -OCH3 is 2. The molecule has 1 N–H and O–H groups in total. The normalized spacial score (nSPS) is 14.9. The highest BCUT2D eigenvalue weighted by Crippen LogP contribution is 2.41. The first kappa shape index (κ1) is 17.4. The van der Waals surface area contributed by atoms with Crippen LogP contribution in [0.15, 0.2) is 47.6 Å². The maximum atomic E-state index is 6.23. The zero-order chi connectivity index (χ0) is 18.8. The second kappa shape index (κ2) is 7.32. The lowest BCUT2D eigenvalue weighted by molar-refractivity contribution is 0.219. The Hall–Kier alpha value is -3.00. The maximum absolute atomic E-state index is 6.23. The molecule has 1 aliphatic rings. The highest BCUT2D eigenvalue weighted by atomic mass is 32.2. The van der Waals surface area contributed by atoms with Crippen molar-refractivity contribution in [2.75, 3.05) is 25.8 Å². The van der Waals surface area contributed by atoms with Gasteiger partial charge in [-0.3, -0.25) is 0 Å². The number of ether oxygens (including phenoxy) is 3. The first-order chi connectivity index (χ1) is 13.2. The predicted octanol–water partition coefficient (Wildman–Crippen LogP) is 3.78. The van der Waals surface area contributed by atoms with E-state index in [0.29, 0.717) is 28.2 Å². The maximum Gasteiger partial charge on any atom is 0.247 e. The fourth-order valence-electron chi connectivity index (χ4n) is 2.91. The molecule has 27 heavy (non-hydrogen) atoms. The van der Waals surface area contributed by atoms with Gasteiger partial charge in [-0.05, 0) is 24.5 Å². The number of nitrogens with one attached hydrogen (secondary N) is 1. The van der Waals surface area contributed by atoms with Gasteiger partial charge in [0.25, 0.3) is 0 Å². The first-order valence-corrected chi connectivity index (χ1v) is 9.49. The van der Waals surface area contributed by atoms with Crippen LogP contribution in [0.1, 0.15) is 11.8 Å². The average molecular weight is 382 g/mol. The summed E-state index contributed by atoms with van der Waals surface area (Å²) in [5.74, 6) is 1.79. The quantitative estimate of drug-likeness (QED) is 0.683. The molecule has 0 unspecified atom stereocenters. The Morgan fingerprint density at radius 1 is 1.07 bits per heavy atom. The summed E-state index contributed by atoms with van der Waals surface area (Å²) < 4.78 is 17.1. The third-order valence-electron chi connectivity index (χ3n) is 4.24. The molecule has 4 rings (SSSR count). The Balaban J connectivity index is 1.85. The van der Waals surface area contributed by atoms with Gasteiger partial charge in [0, 0.05) is 17.3 Å². The van der Waals surface area contributed by atoms with E-state index in [0.717, 1.165) is 16.8 Å². The molecule has 138 valence electrons. The number of rotatable bonds is 4. The Morgan fingerprint density at radius 2 is 1.93 bits per heavy atom. The van der Waals surface area contributed by atoms with Crippen molar-refractivity contribution in [3.63, 3.8) is 0 Å². The van der Waals surface area contributed by atoms with Gasteiger partial charge in [-0.15, -0.1) is 10.2 Å². The number of hydrogen-bond acceptors (Lipinski definition) is 8. The molecule has 0 spiro atoms. The van der Waals surface area contributed by atoms with E-state index in [1.165, 1.54) is 11.8 Å². The lowest BCUT2D eigenvalue weighted by Gasteiger charge is -2.21. The van der Waals surface area contributed by atoms with E-state index in [2.05, 4.69) is 20.5 Å². The molecule has 7 nitrogen and oxygen atoms in total. The van der Waals surface area contributed by atoms with Crippen molar-refractivity contribution in [1.82, 2.24) is 15.2 Å². The standard InChI is InChI=1S/C19H18N4O3S/c1-24-11-8-9-13(15(10-11)25-2)17-20-14-7-5-4-6-12(14)16-18(26-17)21-19(27-3)23-22-16/h4-10,17,20H,1-3H3/t17-/m0/s1. The van der Waals surface area contributed by atoms with Gasteiger partial charge in [0.05, 0.1) is 19.8 Å². The molecule has 0 bridgehead atoms. The second-order valence-corrected chi connectivity index (χ2v) is 6.52. The van der Waals surface area contributed by atoms with E-state index >= 15 is 0 Å². The average Bonchev–Trinajstić information content (AvgIpc) is 2.89. The largest absolute Gasteiger partial charge is 0.497 e. The lowest BCUT2D eigenvalue weighted by atomic mass is 10.1. The number of benzene rings is 2. The van der Waals surface area contributed by atoms with Gasteiger partial charge in [0.15, 0.2) is 5.69 Å². The molecule has 0 fully saturated rings. The molecule has 8 heteroatoms. The van der Waals surface area contributed by atoms with Crippen molar-refractivity contribution >= 4 is 17.4 Å². The number of para-hydroxylation sites is 1. The fourth-order valence-corrected chi connectivity index (χ4v) is 3.21. The summed E-state index contributed by atoms with van der Waals surface area (Å²) >= 11 is 1.41. The zero-order valence-electron chi connectivity index (χ0n) is 15.1. The smallest absolute Gasteiger partial charge is 0.247 e. The van der Waals surface area contributed by atoms with Crippen LogP contribution in [0, 0.1) is 0 Å². The number of anilines is 1. The van der Waals surface area contributed by atoms with Crippen LogP contribution in [0.2, 0.25) is 0 Å². The van der Waals surface area contributed by atoms with E-state index in [9.17, 15) is 0 Å². The minimum Gasteiger partial charge on any atom is -0.497 e. The Bertz CT molecular complexity index is 983. The molecule has 0 radical (unpaired) electrons. The molecule has 1 atom stereocenters. The van der Waals surface area contributed by atoms with Crippen LogP contribution in [0.25, 0.3) is 11.3 Å². The topological polar surface area (TPSA) is 78.4 Å². The van der Waals surface area contributed by atoms with Gasteiger partial charge < -0.3 is 19.5 Å². The van der Waals surface area contributed by atoms with E-state index in [1.54, 1.807) is 14.2 Å². The predicted molar refractivity (Wildman–Crippen MR) is 104 cm³/mol. The second-order valence-electron chi connectivity index (χ2n) is 5.75. The van der Waals surface area contributed by atoms with Crippen molar-refractivity contribution in [2.45, 2.75) is 11.4 Å². The molecule has 1 aliphatic heterocycles. The lowest BCUT2D eigenvalue weighted by Crippen LogP contribution is -2.18. The molecule has 2 aromatic carbocycles. The summed E-state index contributed by atoms with van der Waals surface area (Å²) in [6, 6.07) is 13.4. The van der Waals surface area contributed by atoms with E-state index < -0.39 is 6.23 Å². The zero-order valence-corrected chi connectivity index (χ0v) is 15.9. The van der Waals surface area contributed by atoms with E-state index in [-0.39, 0.29) is 0 Å². The molecular formula is C19H18N4O3S. The van der Waals surface area contributed by atoms with Crippen LogP contribution < -0.4 is 19.5 Å². The van der Waals surface area contributed by atoms with E-state index in [4.69, 9.17) is 14.2 Å². The molecular weight excluding hydrogens is 364 g/mol. The molecule has 0 aliphatic carbocycles. The summed E-state index contributed by atoms with van der Waals surface area (Å²) in [7, 11) is 3.24. The van der Waals surface area contributed by atoms with Crippen LogP contribution in [-0.2, 0) is 0 Å². The molecule has 2 heterocycles. The van der Waals surface area contributed by atoms with Crippen LogP contribution in [0.5, 0.6) is 17.4 Å². The summed E-state index contributed by atoms with van der Waals surface area (Å²) in [5.41, 5.74) is 3.19. The van der Waals surface area contributed by atoms with Crippen molar-refractivity contribution in [1.29, 1.82) is 0 Å².